The maximum atomic E-state index is 12.2. The van der Waals surface area contributed by atoms with Crippen LogP contribution >= 0.6 is 23.2 Å². The molecule has 0 aliphatic heterocycles. The molecule has 0 fully saturated rings. The maximum absolute atomic E-state index is 12.2. The number of pyridine rings is 1. The predicted octanol–water partition coefficient (Wildman–Crippen LogP) is 2.79. The van der Waals surface area contributed by atoms with Crippen molar-refractivity contribution in [1.29, 1.82) is 0 Å². The summed E-state index contributed by atoms with van der Waals surface area (Å²) in [7, 11) is -3.59. The van der Waals surface area contributed by atoms with Crippen molar-refractivity contribution >= 4 is 44.8 Å². The van der Waals surface area contributed by atoms with E-state index in [0.29, 0.717) is 16.4 Å². The second kappa shape index (κ2) is 7.94. The zero-order valence-corrected chi connectivity index (χ0v) is 15.1. The van der Waals surface area contributed by atoms with Crippen LogP contribution < -0.4 is 5.32 Å². The Morgan fingerprint density at radius 3 is 2.58 bits per heavy atom. The molecule has 1 heterocycles. The first-order valence-corrected chi connectivity index (χ1v) is 9.46. The van der Waals surface area contributed by atoms with Gasteiger partial charge in [-0.15, -0.1) is 0 Å². The largest absolute Gasteiger partial charge is 0.324 e. The van der Waals surface area contributed by atoms with Gasteiger partial charge in [0.1, 0.15) is 0 Å². The van der Waals surface area contributed by atoms with E-state index in [1.807, 2.05) is 0 Å². The topological polar surface area (TPSA) is 79.4 Å². The molecule has 1 amide bonds. The molecule has 1 aromatic heterocycles. The summed E-state index contributed by atoms with van der Waals surface area (Å²) in [6.45, 7) is -0.351. The molecule has 0 spiro atoms. The van der Waals surface area contributed by atoms with Crippen LogP contribution in [0, 0.1) is 0 Å². The van der Waals surface area contributed by atoms with E-state index in [-0.39, 0.29) is 18.1 Å². The third-order valence-corrected chi connectivity index (χ3v) is 4.80. The van der Waals surface area contributed by atoms with Crippen LogP contribution in [0.4, 0.5) is 5.69 Å². The van der Waals surface area contributed by atoms with Crippen molar-refractivity contribution < 1.29 is 13.2 Å². The smallest absolute Gasteiger partial charge is 0.239 e. The number of carbonyl (C=O) groups is 1. The van der Waals surface area contributed by atoms with Crippen molar-refractivity contribution in [3.05, 3.63) is 58.3 Å². The fraction of sp³-hybridized carbons (Fsp3) is 0.200. The Bertz CT molecular complexity index is 829. The lowest BCUT2D eigenvalue weighted by atomic mass is 10.3. The molecule has 24 heavy (non-hydrogen) atoms. The van der Waals surface area contributed by atoms with Crippen LogP contribution in [-0.2, 0) is 21.4 Å². The molecule has 0 saturated carbocycles. The summed E-state index contributed by atoms with van der Waals surface area (Å²) in [4.78, 5) is 16.2. The number of nitrogens with one attached hydrogen (secondary N) is 1. The quantitative estimate of drug-likeness (QED) is 0.826. The Morgan fingerprint density at radius 1 is 1.25 bits per heavy atom. The number of aromatic nitrogens is 1. The van der Waals surface area contributed by atoms with Crippen molar-refractivity contribution in [2.24, 2.45) is 0 Å². The molecule has 2 aromatic rings. The number of benzene rings is 1. The van der Waals surface area contributed by atoms with Crippen molar-refractivity contribution in [3.8, 4) is 0 Å². The van der Waals surface area contributed by atoms with Gasteiger partial charge in [-0.25, -0.2) is 8.42 Å². The Morgan fingerprint density at radius 2 is 2.00 bits per heavy atom. The fourth-order valence-corrected chi connectivity index (χ4v) is 3.08. The van der Waals surface area contributed by atoms with Crippen molar-refractivity contribution in [2.75, 3.05) is 18.1 Å². The van der Waals surface area contributed by atoms with Gasteiger partial charge in [-0.1, -0.05) is 29.3 Å². The summed E-state index contributed by atoms with van der Waals surface area (Å²) >= 11 is 11.8. The summed E-state index contributed by atoms with van der Waals surface area (Å²) in [6.07, 6.45) is 2.60. The van der Waals surface area contributed by atoms with Crippen molar-refractivity contribution in [1.82, 2.24) is 9.29 Å². The van der Waals surface area contributed by atoms with Gasteiger partial charge < -0.3 is 5.32 Å². The minimum absolute atomic E-state index is 0.00143. The average Bonchev–Trinajstić information content (AvgIpc) is 2.49. The van der Waals surface area contributed by atoms with Crippen molar-refractivity contribution in [3.63, 3.8) is 0 Å². The third kappa shape index (κ3) is 5.45. The zero-order valence-electron chi connectivity index (χ0n) is 12.7. The van der Waals surface area contributed by atoms with E-state index in [1.165, 1.54) is 6.07 Å². The number of halogens is 2. The standard InChI is InChI=1S/C15H15Cl2N3O3S/c1-24(22,23)20(9-12-4-2-3-7-18-12)10-15(21)19-14-6-5-11(16)8-13(14)17/h2-8H,9-10H2,1H3,(H,19,21). The number of anilines is 1. The first kappa shape index (κ1) is 18.7. The number of amides is 1. The molecule has 0 bridgehead atoms. The summed E-state index contributed by atoms with van der Waals surface area (Å²) in [5, 5.41) is 3.28. The molecular weight excluding hydrogens is 373 g/mol. The molecule has 0 saturated heterocycles. The van der Waals surface area contributed by atoms with Crippen LogP contribution in [-0.4, -0.2) is 36.4 Å². The highest BCUT2D eigenvalue weighted by Crippen LogP contribution is 2.25. The summed E-state index contributed by atoms with van der Waals surface area (Å²) in [6, 6.07) is 9.77. The van der Waals surface area contributed by atoms with Gasteiger partial charge in [0, 0.05) is 11.2 Å². The molecule has 0 unspecified atom stereocenters. The first-order valence-electron chi connectivity index (χ1n) is 6.85. The van der Waals surface area contributed by atoms with Gasteiger partial charge in [0.05, 0.1) is 35.7 Å². The SMILES string of the molecule is CS(=O)(=O)N(CC(=O)Nc1ccc(Cl)cc1Cl)Cc1ccccn1. The molecule has 2 rings (SSSR count). The number of sulfonamides is 1. The Labute approximate surface area is 150 Å². The second-order valence-corrected chi connectivity index (χ2v) is 7.85. The fourth-order valence-electron chi connectivity index (χ4n) is 1.90. The van der Waals surface area contributed by atoms with Crippen LogP contribution in [0.3, 0.4) is 0 Å². The number of hydrogen-bond acceptors (Lipinski definition) is 4. The van der Waals surface area contributed by atoms with Crippen LogP contribution in [0.5, 0.6) is 0 Å². The average molecular weight is 388 g/mol. The van der Waals surface area contributed by atoms with E-state index in [4.69, 9.17) is 23.2 Å². The van der Waals surface area contributed by atoms with Gasteiger partial charge in [0.15, 0.2) is 0 Å². The van der Waals surface area contributed by atoms with Gasteiger partial charge in [0.25, 0.3) is 0 Å². The summed E-state index contributed by atoms with van der Waals surface area (Å²) < 4.78 is 24.9. The maximum Gasteiger partial charge on any atom is 0.239 e. The van der Waals surface area contributed by atoms with E-state index in [1.54, 1.807) is 36.5 Å². The van der Waals surface area contributed by atoms with Gasteiger partial charge in [-0.3, -0.25) is 9.78 Å². The van der Waals surface area contributed by atoms with E-state index in [9.17, 15) is 13.2 Å². The van der Waals surface area contributed by atoms with Crippen LogP contribution in [0.15, 0.2) is 42.6 Å². The van der Waals surface area contributed by atoms with E-state index in [0.717, 1.165) is 10.6 Å². The Kier molecular flexibility index (Phi) is 6.17. The first-order chi connectivity index (χ1) is 11.3. The molecule has 128 valence electrons. The molecule has 1 N–H and O–H groups in total. The molecule has 0 aliphatic carbocycles. The normalized spacial score (nSPS) is 11.5. The number of rotatable bonds is 6. The molecule has 0 radical (unpaired) electrons. The van der Waals surface area contributed by atoms with Gasteiger partial charge in [-0.05, 0) is 30.3 Å². The Hall–Kier alpha value is -1.67. The lowest BCUT2D eigenvalue weighted by Crippen LogP contribution is -2.37. The number of hydrogen-bond donors (Lipinski definition) is 1. The highest BCUT2D eigenvalue weighted by molar-refractivity contribution is 7.88. The minimum Gasteiger partial charge on any atom is -0.324 e. The van der Waals surface area contributed by atoms with Crippen molar-refractivity contribution in [2.45, 2.75) is 6.54 Å². The Balaban J connectivity index is 2.10. The monoisotopic (exact) mass is 387 g/mol. The lowest BCUT2D eigenvalue weighted by molar-refractivity contribution is -0.116. The molecule has 0 aliphatic rings. The summed E-state index contributed by atoms with van der Waals surface area (Å²) in [5.41, 5.74) is 0.901. The van der Waals surface area contributed by atoms with Gasteiger partial charge >= 0.3 is 0 Å². The molecule has 1 aromatic carbocycles. The van der Waals surface area contributed by atoms with E-state index >= 15 is 0 Å². The lowest BCUT2D eigenvalue weighted by Gasteiger charge is -2.19. The summed E-state index contributed by atoms with van der Waals surface area (Å²) in [5.74, 6) is -0.513. The van der Waals surface area contributed by atoms with Crippen LogP contribution in [0.25, 0.3) is 0 Å². The van der Waals surface area contributed by atoms with Crippen LogP contribution in [0.1, 0.15) is 5.69 Å². The third-order valence-electron chi connectivity index (χ3n) is 3.06. The van der Waals surface area contributed by atoms with Gasteiger partial charge in [0.2, 0.25) is 15.9 Å². The van der Waals surface area contributed by atoms with E-state index < -0.39 is 15.9 Å². The highest BCUT2D eigenvalue weighted by atomic mass is 35.5. The molecule has 0 atom stereocenters. The second-order valence-electron chi connectivity index (χ2n) is 5.02. The van der Waals surface area contributed by atoms with Crippen LogP contribution in [0.2, 0.25) is 10.0 Å². The van der Waals surface area contributed by atoms with E-state index in [2.05, 4.69) is 10.3 Å². The zero-order chi connectivity index (χ0) is 17.7. The molecule has 6 nitrogen and oxygen atoms in total. The predicted molar refractivity (Wildman–Crippen MR) is 94.6 cm³/mol. The highest BCUT2D eigenvalue weighted by Gasteiger charge is 2.21. The van der Waals surface area contributed by atoms with Gasteiger partial charge in [-0.2, -0.15) is 4.31 Å². The molecular formula is C15H15Cl2N3O3S. The minimum atomic E-state index is -3.59. The molecule has 9 heteroatoms. The number of carbonyl (C=O) groups excluding carboxylic acids is 1. The number of nitrogens with zero attached hydrogens (tertiary/aromatic N) is 2.